The van der Waals surface area contributed by atoms with Crippen LogP contribution >= 0.6 is 0 Å². The molecule has 0 aromatic heterocycles. The van der Waals surface area contributed by atoms with Crippen LogP contribution in [0, 0.1) is 12.8 Å². The molecule has 1 atom stereocenters. The zero-order valence-electron chi connectivity index (χ0n) is 20.4. The van der Waals surface area contributed by atoms with E-state index in [4.69, 9.17) is 4.74 Å². The summed E-state index contributed by atoms with van der Waals surface area (Å²) in [5, 5.41) is 2.99. The number of hydrogen-bond acceptors (Lipinski definition) is 3. The number of nitrogens with zero attached hydrogens (tertiary/aromatic N) is 1. The van der Waals surface area contributed by atoms with Crippen LogP contribution in [-0.2, 0) is 16.1 Å². The van der Waals surface area contributed by atoms with Crippen LogP contribution < -0.4 is 10.1 Å². The van der Waals surface area contributed by atoms with Crippen molar-refractivity contribution in [2.75, 3.05) is 13.2 Å². The average molecular weight is 439 g/mol. The molecule has 32 heavy (non-hydrogen) atoms. The maximum absolute atomic E-state index is 13.3. The molecule has 0 radical (unpaired) electrons. The predicted molar refractivity (Wildman–Crippen MR) is 130 cm³/mol. The molecule has 0 heterocycles. The molecular formula is C27H38N2O3. The second-order valence-corrected chi connectivity index (χ2v) is 9.02. The standard InChI is InChI=1S/C27H38N2O3/c1-7-25(27(31)28-16-19(2)3)29(17-23-11-9-8-10-21(23)6)26(30)18-32-24-14-12-22(13-15-24)20(4)5/h8-15,19-20,25H,7,16-18H2,1-6H3,(H,28,31). The van der Waals surface area contributed by atoms with E-state index in [2.05, 4.69) is 33.0 Å². The third-order valence-electron chi connectivity index (χ3n) is 5.58. The monoisotopic (exact) mass is 438 g/mol. The fraction of sp³-hybridized carbons (Fsp3) is 0.481. The Morgan fingerprint density at radius 2 is 1.66 bits per heavy atom. The van der Waals surface area contributed by atoms with Gasteiger partial charge in [-0.2, -0.15) is 0 Å². The van der Waals surface area contributed by atoms with E-state index in [-0.39, 0.29) is 18.4 Å². The Kier molecular flexibility index (Phi) is 9.76. The molecule has 0 spiro atoms. The van der Waals surface area contributed by atoms with Gasteiger partial charge < -0.3 is 15.0 Å². The molecule has 5 heteroatoms. The van der Waals surface area contributed by atoms with Gasteiger partial charge in [0.15, 0.2) is 6.61 Å². The minimum absolute atomic E-state index is 0.110. The Hall–Kier alpha value is -2.82. The second kappa shape index (κ2) is 12.3. The minimum atomic E-state index is -0.548. The number of benzene rings is 2. The van der Waals surface area contributed by atoms with Crippen molar-refractivity contribution in [1.82, 2.24) is 10.2 Å². The molecule has 174 valence electrons. The van der Waals surface area contributed by atoms with Gasteiger partial charge in [0.25, 0.3) is 5.91 Å². The largest absolute Gasteiger partial charge is 0.484 e. The normalized spacial score (nSPS) is 12.0. The van der Waals surface area contributed by atoms with Crippen molar-refractivity contribution in [3.8, 4) is 5.75 Å². The Balaban J connectivity index is 2.18. The molecule has 0 aliphatic carbocycles. The van der Waals surface area contributed by atoms with Crippen molar-refractivity contribution < 1.29 is 14.3 Å². The number of ether oxygens (including phenoxy) is 1. The highest BCUT2D eigenvalue weighted by Crippen LogP contribution is 2.20. The SMILES string of the molecule is CCC(C(=O)NCC(C)C)N(Cc1ccccc1C)C(=O)COc1ccc(C(C)C)cc1. The Bertz CT molecular complexity index is 875. The molecule has 0 saturated heterocycles. The number of hydrogen-bond donors (Lipinski definition) is 1. The van der Waals surface area contributed by atoms with Crippen LogP contribution in [-0.4, -0.2) is 35.9 Å². The zero-order chi connectivity index (χ0) is 23.7. The molecule has 1 unspecified atom stereocenters. The van der Waals surface area contributed by atoms with Crippen molar-refractivity contribution in [2.45, 2.75) is 66.5 Å². The highest BCUT2D eigenvalue weighted by molar-refractivity contribution is 5.88. The van der Waals surface area contributed by atoms with Crippen LogP contribution in [0.2, 0.25) is 0 Å². The molecule has 0 fully saturated rings. The van der Waals surface area contributed by atoms with Crippen molar-refractivity contribution in [3.63, 3.8) is 0 Å². The summed E-state index contributed by atoms with van der Waals surface area (Å²) in [7, 11) is 0. The molecule has 2 aromatic carbocycles. The summed E-state index contributed by atoms with van der Waals surface area (Å²) in [5.41, 5.74) is 3.34. The summed E-state index contributed by atoms with van der Waals surface area (Å²) in [5.74, 6) is 1.10. The highest BCUT2D eigenvalue weighted by atomic mass is 16.5. The topological polar surface area (TPSA) is 58.6 Å². The zero-order valence-corrected chi connectivity index (χ0v) is 20.4. The van der Waals surface area contributed by atoms with E-state index in [1.165, 1.54) is 5.56 Å². The molecule has 0 bridgehead atoms. The van der Waals surface area contributed by atoms with Crippen LogP contribution in [0.15, 0.2) is 48.5 Å². The lowest BCUT2D eigenvalue weighted by atomic mass is 10.0. The number of carbonyl (C=O) groups is 2. The van der Waals surface area contributed by atoms with Crippen molar-refractivity contribution in [3.05, 3.63) is 65.2 Å². The van der Waals surface area contributed by atoms with Gasteiger partial charge in [0.1, 0.15) is 11.8 Å². The first-order chi connectivity index (χ1) is 15.2. The van der Waals surface area contributed by atoms with Gasteiger partial charge in [-0.15, -0.1) is 0 Å². The van der Waals surface area contributed by atoms with E-state index in [1.807, 2.05) is 62.4 Å². The second-order valence-electron chi connectivity index (χ2n) is 9.02. The third-order valence-corrected chi connectivity index (χ3v) is 5.58. The van der Waals surface area contributed by atoms with Crippen LogP contribution in [0.4, 0.5) is 0 Å². The molecule has 2 amide bonds. The van der Waals surface area contributed by atoms with Crippen LogP contribution in [0.25, 0.3) is 0 Å². The van der Waals surface area contributed by atoms with E-state index in [0.717, 1.165) is 11.1 Å². The number of carbonyl (C=O) groups excluding carboxylic acids is 2. The first-order valence-corrected chi connectivity index (χ1v) is 11.6. The predicted octanol–water partition coefficient (Wildman–Crippen LogP) is 5.08. The van der Waals surface area contributed by atoms with Gasteiger partial charge in [-0.3, -0.25) is 9.59 Å². The van der Waals surface area contributed by atoms with E-state index < -0.39 is 6.04 Å². The Labute approximate surface area is 193 Å². The number of nitrogens with one attached hydrogen (secondary N) is 1. The lowest BCUT2D eigenvalue weighted by Gasteiger charge is -2.31. The minimum Gasteiger partial charge on any atom is -0.484 e. The van der Waals surface area contributed by atoms with E-state index in [1.54, 1.807) is 4.90 Å². The van der Waals surface area contributed by atoms with Crippen molar-refractivity contribution >= 4 is 11.8 Å². The van der Waals surface area contributed by atoms with Crippen LogP contribution in [0.3, 0.4) is 0 Å². The lowest BCUT2D eigenvalue weighted by molar-refractivity contribution is -0.143. The first-order valence-electron chi connectivity index (χ1n) is 11.6. The van der Waals surface area contributed by atoms with E-state index >= 15 is 0 Å². The summed E-state index contributed by atoms with van der Waals surface area (Å²) in [6, 6.07) is 15.2. The summed E-state index contributed by atoms with van der Waals surface area (Å²) in [6.45, 7) is 13.2. The third kappa shape index (κ3) is 7.40. The fourth-order valence-electron chi connectivity index (χ4n) is 3.49. The Morgan fingerprint density at radius 1 is 1.00 bits per heavy atom. The fourth-order valence-corrected chi connectivity index (χ4v) is 3.49. The van der Waals surface area contributed by atoms with Gasteiger partial charge in [0, 0.05) is 13.1 Å². The number of amides is 2. The first kappa shape index (κ1) is 25.4. The molecule has 0 aliphatic heterocycles. The molecule has 1 N–H and O–H groups in total. The molecule has 0 saturated carbocycles. The molecular weight excluding hydrogens is 400 g/mol. The van der Waals surface area contributed by atoms with E-state index in [9.17, 15) is 9.59 Å². The number of aryl methyl sites for hydroxylation is 1. The summed E-state index contributed by atoms with van der Waals surface area (Å²) >= 11 is 0. The lowest BCUT2D eigenvalue weighted by Crippen LogP contribution is -2.50. The van der Waals surface area contributed by atoms with Gasteiger partial charge in [-0.05, 0) is 54.0 Å². The molecule has 2 rings (SSSR count). The van der Waals surface area contributed by atoms with Crippen molar-refractivity contribution in [2.24, 2.45) is 5.92 Å². The van der Waals surface area contributed by atoms with E-state index in [0.29, 0.717) is 37.1 Å². The van der Waals surface area contributed by atoms with Gasteiger partial charge in [0.2, 0.25) is 5.91 Å². The maximum Gasteiger partial charge on any atom is 0.261 e. The summed E-state index contributed by atoms with van der Waals surface area (Å²) in [6.07, 6.45) is 0.532. The molecule has 0 aliphatic rings. The van der Waals surface area contributed by atoms with Crippen LogP contribution in [0.1, 0.15) is 63.6 Å². The number of rotatable bonds is 11. The Morgan fingerprint density at radius 3 is 2.22 bits per heavy atom. The maximum atomic E-state index is 13.3. The quantitative estimate of drug-likeness (QED) is 0.532. The average Bonchev–Trinajstić information content (AvgIpc) is 2.77. The molecule has 5 nitrogen and oxygen atoms in total. The van der Waals surface area contributed by atoms with Gasteiger partial charge in [-0.1, -0.05) is 71.0 Å². The molecule has 2 aromatic rings. The van der Waals surface area contributed by atoms with Gasteiger partial charge in [-0.25, -0.2) is 0 Å². The van der Waals surface area contributed by atoms with Crippen LogP contribution in [0.5, 0.6) is 5.75 Å². The van der Waals surface area contributed by atoms with Gasteiger partial charge >= 0.3 is 0 Å². The van der Waals surface area contributed by atoms with Gasteiger partial charge in [0.05, 0.1) is 0 Å². The van der Waals surface area contributed by atoms with Crippen molar-refractivity contribution in [1.29, 1.82) is 0 Å². The highest BCUT2D eigenvalue weighted by Gasteiger charge is 2.29. The summed E-state index contributed by atoms with van der Waals surface area (Å²) in [4.78, 5) is 27.9. The smallest absolute Gasteiger partial charge is 0.261 e. The summed E-state index contributed by atoms with van der Waals surface area (Å²) < 4.78 is 5.80.